The number of aromatic nitrogens is 2. The van der Waals surface area contributed by atoms with Crippen LogP contribution >= 0.6 is 15.9 Å². The Morgan fingerprint density at radius 3 is 2.69 bits per heavy atom. The van der Waals surface area contributed by atoms with Crippen molar-refractivity contribution in [3.8, 4) is 6.07 Å². The van der Waals surface area contributed by atoms with Crippen LogP contribution in [-0.2, 0) is 0 Å². The van der Waals surface area contributed by atoms with Crippen LogP contribution in [0.25, 0.3) is 0 Å². The molecule has 0 bridgehead atoms. The molecule has 1 aliphatic carbocycles. The van der Waals surface area contributed by atoms with Crippen LogP contribution in [0.5, 0.6) is 0 Å². The minimum atomic E-state index is -0.647. The highest BCUT2D eigenvalue weighted by Crippen LogP contribution is 2.37. The lowest BCUT2D eigenvalue weighted by molar-refractivity contribution is -0.384. The zero-order chi connectivity index (χ0) is 21.2. The average Bonchev–Trinajstić information content (AvgIpc) is 2.69. The van der Waals surface area contributed by atoms with Crippen LogP contribution in [0.15, 0.2) is 28.9 Å². The molecule has 0 unspecified atom stereocenters. The molecule has 29 heavy (non-hydrogen) atoms. The second-order valence-corrected chi connectivity index (χ2v) is 8.28. The molecule has 0 saturated heterocycles. The molecular weight excluding hydrogens is 440 g/mol. The zero-order valence-corrected chi connectivity index (χ0v) is 17.7. The van der Waals surface area contributed by atoms with Crippen molar-refractivity contribution < 1.29 is 10.0 Å². The Morgan fingerprint density at radius 2 is 2.14 bits per heavy atom. The Morgan fingerprint density at radius 1 is 1.45 bits per heavy atom. The van der Waals surface area contributed by atoms with Gasteiger partial charge in [-0.3, -0.25) is 10.1 Å². The van der Waals surface area contributed by atoms with E-state index in [1.165, 1.54) is 12.3 Å². The summed E-state index contributed by atoms with van der Waals surface area (Å²) in [4.78, 5) is 21.6. The van der Waals surface area contributed by atoms with E-state index >= 15 is 0 Å². The fourth-order valence-electron chi connectivity index (χ4n) is 3.39. The van der Waals surface area contributed by atoms with E-state index in [9.17, 15) is 15.2 Å². The number of nitro groups is 1. The van der Waals surface area contributed by atoms with Gasteiger partial charge in [0.2, 0.25) is 5.82 Å². The third-order valence-corrected chi connectivity index (χ3v) is 5.77. The molecule has 9 nitrogen and oxygen atoms in total. The molecule has 2 aromatic rings. The molecule has 2 heterocycles. The highest BCUT2D eigenvalue weighted by molar-refractivity contribution is 9.10. The lowest BCUT2D eigenvalue weighted by Crippen LogP contribution is -2.41. The summed E-state index contributed by atoms with van der Waals surface area (Å²) in [6.45, 7) is 1.84. The maximum atomic E-state index is 11.5. The van der Waals surface area contributed by atoms with Crippen molar-refractivity contribution >= 4 is 39.1 Å². The second kappa shape index (κ2) is 8.31. The first kappa shape index (κ1) is 21.0. The van der Waals surface area contributed by atoms with E-state index < -0.39 is 10.5 Å². The van der Waals surface area contributed by atoms with Gasteiger partial charge in [-0.05, 0) is 60.7 Å². The molecule has 152 valence electrons. The standard InChI is InChI=1S/C19H21BrN6O3/c1-19(27)7-5-13(6-8-19)25(2)18-14(20)9-15(26(28)29)17(24-18)23-16-4-3-12(10-21)11-22-16/h3-4,9,11,13,27H,5-8H2,1-2H3,(H,22,23,24). The number of rotatable bonds is 5. The Labute approximate surface area is 176 Å². The number of aliphatic hydroxyl groups is 1. The molecule has 2 aromatic heterocycles. The van der Waals surface area contributed by atoms with Crippen molar-refractivity contribution in [2.45, 2.75) is 44.2 Å². The Hall–Kier alpha value is -2.77. The van der Waals surface area contributed by atoms with Crippen LogP contribution in [0.1, 0.15) is 38.2 Å². The van der Waals surface area contributed by atoms with E-state index in [0.29, 0.717) is 34.5 Å². The van der Waals surface area contributed by atoms with Gasteiger partial charge in [0.25, 0.3) is 0 Å². The average molecular weight is 461 g/mol. The van der Waals surface area contributed by atoms with E-state index in [1.54, 1.807) is 12.1 Å². The normalized spacial score (nSPS) is 21.3. The van der Waals surface area contributed by atoms with E-state index in [0.717, 1.165) is 12.8 Å². The highest BCUT2D eigenvalue weighted by atomic mass is 79.9. The fourth-order valence-corrected chi connectivity index (χ4v) is 3.97. The highest BCUT2D eigenvalue weighted by Gasteiger charge is 2.32. The molecule has 0 amide bonds. The molecule has 0 aromatic carbocycles. The molecule has 0 radical (unpaired) electrons. The van der Waals surface area contributed by atoms with Gasteiger partial charge in [-0.1, -0.05) is 0 Å². The summed E-state index contributed by atoms with van der Waals surface area (Å²) in [5, 5.41) is 33.5. The van der Waals surface area contributed by atoms with Gasteiger partial charge in [0.05, 0.1) is 20.6 Å². The SMILES string of the molecule is CN(c1nc(Nc2ccc(C#N)cn2)c([N+](=O)[O-])cc1Br)C1CCC(C)(O)CC1. The fraction of sp³-hybridized carbons (Fsp3) is 0.421. The van der Waals surface area contributed by atoms with Crippen molar-refractivity contribution in [3.63, 3.8) is 0 Å². The molecule has 2 N–H and O–H groups in total. The second-order valence-electron chi connectivity index (χ2n) is 7.43. The first-order valence-corrected chi connectivity index (χ1v) is 9.93. The smallest absolute Gasteiger partial charge is 0.313 e. The summed E-state index contributed by atoms with van der Waals surface area (Å²) in [6, 6.07) is 6.70. The lowest BCUT2D eigenvalue weighted by atomic mass is 9.83. The molecule has 0 spiro atoms. The van der Waals surface area contributed by atoms with E-state index in [1.807, 2.05) is 24.9 Å². The van der Waals surface area contributed by atoms with Gasteiger partial charge in [-0.2, -0.15) is 5.26 Å². The number of pyridine rings is 2. The van der Waals surface area contributed by atoms with Crippen LogP contribution in [0.2, 0.25) is 0 Å². The molecule has 3 rings (SSSR count). The van der Waals surface area contributed by atoms with Crippen LogP contribution < -0.4 is 10.2 Å². The summed E-state index contributed by atoms with van der Waals surface area (Å²) in [5.41, 5.74) is -0.444. The maximum Gasteiger partial charge on any atom is 0.313 e. The maximum absolute atomic E-state index is 11.5. The van der Waals surface area contributed by atoms with Gasteiger partial charge in [0.1, 0.15) is 17.7 Å². The topological polar surface area (TPSA) is 128 Å². The first-order chi connectivity index (χ1) is 13.7. The number of hydrogen-bond donors (Lipinski definition) is 2. The summed E-state index contributed by atoms with van der Waals surface area (Å²) in [6.07, 6.45) is 4.36. The minimum Gasteiger partial charge on any atom is -0.390 e. The van der Waals surface area contributed by atoms with Crippen LogP contribution in [-0.4, -0.2) is 38.7 Å². The number of nitriles is 1. The Bertz CT molecular complexity index is 948. The van der Waals surface area contributed by atoms with Gasteiger partial charge in [0.15, 0.2) is 0 Å². The number of hydrogen-bond acceptors (Lipinski definition) is 8. The van der Waals surface area contributed by atoms with Gasteiger partial charge >= 0.3 is 5.69 Å². The van der Waals surface area contributed by atoms with E-state index in [2.05, 4.69) is 31.2 Å². The molecule has 1 fully saturated rings. The number of nitrogens with one attached hydrogen (secondary N) is 1. The van der Waals surface area contributed by atoms with Crippen molar-refractivity contribution in [2.24, 2.45) is 0 Å². The number of halogens is 1. The summed E-state index contributed by atoms with van der Waals surface area (Å²) >= 11 is 3.41. The van der Waals surface area contributed by atoms with Crippen molar-refractivity contribution in [1.29, 1.82) is 5.26 Å². The zero-order valence-electron chi connectivity index (χ0n) is 16.1. The number of anilines is 3. The van der Waals surface area contributed by atoms with E-state index in [-0.39, 0.29) is 17.5 Å². The minimum absolute atomic E-state index is 0.0695. The van der Waals surface area contributed by atoms with Crippen LogP contribution in [0.3, 0.4) is 0 Å². The summed E-state index contributed by atoms with van der Waals surface area (Å²) < 4.78 is 0.516. The van der Waals surface area contributed by atoms with Gasteiger partial charge in [-0.25, -0.2) is 9.97 Å². The molecule has 1 aliphatic rings. The molecule has 1 saturated carbocycles. The largest absolute Gasteiger partial charge is 0.390 e. The molecule has 10 heteroatoms. The quantitative estimate of drug-likeness (QED) is 0.507. The third-order valence-electron chi connectivity index (χ3n) is 5.19. The van der Waals surface area contributed by atoms with Crippen molar-refractivity contribution in [1.82, 2.24) is 9.97 Å². The number of nitrogens with zero attached hydrogens (tertiary/aromatic N) is 5. The van der Waals surface area contributed by atoms with Crippen molar-refractivity contribution in [3.05, 3.63) is 44.5 Å². The predicted octanol–water partition coefficient (Wildman–Crippen LogP) is 3.89. The monoisotopic (exact) mass is 460 g/mol. The lowest BCUT2D eigenvalue weighted by Gasteiger charge is -2.38. The van der Waals surface area contributed by atoms with Gasteiger partial charge < -0.3 is 15.3 Å². The Balaban J connectivity index is 1.91. The predicted molar refractivity (Wildman–Crippen MR) is 112 cm³/mol. The van der Waals surface area contributed by atoms with E-state index in [4.69, 9.17) is 5.26 Å². The summed E-state index contributed by atoms with van der Waals surface area (Å²) in [5.74, 6) is 0.989. The third kappa shape index (κ3) is 4.81. The first-order valence-electron chi connectivity index (χ1n) is 9.13. The van der Waals surface area contributed by atoms with Crippen LogP contribution in [0.4, 0.5) is 23.1 Å². The van der Waals surface area contributed by atoms with Crippen LogP contribution in [0, 0.1) is 21.4 Å². The van der Waals surface area contributed by atoms with Crippen molar-refractivity contribution in [2.75, 3.05) is 17.3 Å². The Kier molecular flexibility index (Phi) is 6.00. The van der Waals surface area contributed by atoms with Gasteiger partial charge in [0, 0.05) is 25.4 Å². The molecule has 0 aliphatic heterocycles. The summed E-state index contributed by atoms with van der Waals surface area (Å²) in [7, 11) is 1.90. The molecular formula is C19H21BrN6O3. The molecule has 0 atom stereocenters. The van der Waals surface area contributed by atoms with Gasteiger partial charge in [-0.15, -0.1) is 0 Å².